The predicted octanol–water partition coefficient (Wildman–Crippen LogP) is 6.63. The molecule has 6 rings (SSSR count). The van der Waals surface area contributed by atoms with Crippen LogP contribution in [0.5, 0.6) is 0 Å². The fraction of sp³-hybridized carbons (Fsp3) is 0.784. The van der Waals surface area contributed by atoms with E-state index in [2.05, 4.69) is 31.4 Å². The van der Waals surface area contributed by atoms with Crippen molar-refractivity contribution in [2.75, 3.05) is 25.6 Å². The van der Waals surface area contributed by atoms with Gasteiger partial charge in [-0.25, -0.2) is 9.79 Å². The van der Waals surface area contributed by atoms with E-state index in [4.69, 9.17) is 19.9 Å². The van der Waals surface area contributed by atoms with Gasteiger partial charge in [0, 0.05) is 44.4 Å². The second-order valence-electron chi connectivity index (χ2n) is 14.5. The number of anilines is 1. The van der Waals surface area contributed by atoms with E-state index in [1.54, 1.807) is 11.6 Å². The van der Waals surface area contributed by atoms with Gasteiger partial charge in [0.15, 0.2) is 17.8 Å². The number of ether oxygens (including phenoxy) is 2. The van der Waals surface area contributed by atoms with Crippen molar-refractivity contribution in [3.8, 4) is 0 Å². The summed E-state index contributed by atoms with van der Waals surface area (Å²) < 4.78 is 16.1. The quantitative estimate of drug-likeness (QED) is 0.144. The van der Waals surface area contributed by atoms with Crippen molar-refractivity contribution < 1.29 is 20.8 Å². The lowest BCUT2D eigenvalue weighted by Crippen LogP contribution is -2.45. The van der Waals surface area contributed by atoms with E-state index in [0.717, 1.165) is 64.2 Å². The van der Waals surface area contributed by atoms with E-state index >= 15 is 0 Å². The van der Waals surface area contributed by atoms with Gasteiger partial charge in [-0.2, -0.15) is 0 Å². The highest BCUT2D eigenvalue weighted by Gasteiger charge is 2.62. The van der Waals surface area contributed by atoms with Crippen LogP contribution >= 0.6 is 0 Å². The molecule has 5 aliphatic rings. The van der Waals surface area contributed by atoms with E-state index in [1.807, 2.05) is 25.5 Å². The van der Waals surface area contributed by atoms with Crippen LogP contribution < -0.4 is 16.3 Å². The molecule has 0 radical (unpaired) electrons. The number of carbonyl (C=O) groups excluding carboxylic acids is 1. The lowest BCUT2D eigenvalue weighted by Gasteiger charge is -2.45. The summed E-state index contributed by atoms with van der Waals surface area (Å²) in [6.07, 6.45) is 10.5. The number of amidine groups is 1. The number of nitrogens with zero attached hydrogens (tertiary/aromatic N) is 3. The highest BCUT2D eigenvalue weighted by atomic mass is 16.5. The smallest absolute Gasteiger partial charge is 0.330 e. The van der Waals surface area contributed by atoms with Crippen LogP contribution in [-0.2, 0) is 26.9 Å². The van der Waals surface area contributed by atoms with Crippen molar-refractivity contribution >= 4 is 23.7 Å². The normalized spacial score (nSPS) is 32.2. The van der Waals surface area contributed by atoms with E-state index in [1.165, 1.54) is 6.21 Å². The Morgan fingerprint density at radius 1 is 1.21 bits per heavy atom. The number of hydrogen-bond acceptors (Lipinski definition) is 9. The van der Waals surface area contributed by atoms with Crippen molar-refractivity contribution in [2.45, 2.75) is 136 Å². The molecule has 0 bridgehead atoms. The molecule has 4 fully saturated rings. The van der Waals surface area contributed by atoms with Gasteiger partial charge in [0.2, 0.25) is 0 Å². The summed E-state index contributed by atoms with van der Waals surface area (Å²) in [4.78, 5) is 32.3. The van der Waals surface area contributed by atoms with Crippen molar-refractivity contribution in [3.05, 3.63) is 27.5 Å². The van der Waals surface area contributed by atoms with Gasteiger partial charge in [-0.05, 0) is 83.2 Å². The molecule has 2 aliphatic heterocycles. The fourth-order valence-electron chi connectivity index (χ4n) is 9.13. The number of allylic oxidation sites excluding steroid dienone is 1. The van der Waals surface area contributed by atoms with Crippen molar-refractivity contribution in [2.24, 2.45) is 35.2 Å². The summed E-state index contributed by atoms with van der Waals surface area (Å²) >= 11 is 0. The summed E-state index contributed by atoms with van der Waals surface area (Å²) in [6.45, 7) is 11.6. The van der Waals surface area contributed by atoms with Crippen molar-refractivity contribution in [1.29, 1.82) is 5.41 Å². The molecule has 0 aromatic carbocycles. The number of rotatable bonds is 12. The van der Waals surface area contributed by atoms with Gasteiger partial charge in [-0.1, -0.05) is 40.5 Å². The number of aromatic nitrogens is 2. The highest BCUT2D eigenvalue weighted by molar-refractivity contribution is 6.08. The maximum Gasteiger partial charge on any atom is 0.330 e. The first kappa shape index (κ1) is 36.5. The van der Waals surface area contributed by atoms with Gasteiger partial charge >= 0.3 is 5.69 Å². The molecule has 1 saturated heterocycles. The zero-order valence-electron chi connectivity index (χ0n) is 30.4. The maximum absolute atomic E-state index is 13.9. The van der Waals surface area contributed by atoms with Crippen LogP contribution in [0.25, 0.3) is 0 Å². The topological polar surface area (TPSA) is 143 Å². The molecule has 3 aliphatic carbocycles. The molecule has 0 amide bonds. The Hall–Kier alpha value is -2.76. The molecule has 270 valence electrons. The summed E-state index contributed by atoms with van der Waals surface area (Å²) in [6, 6.07) is 0.450. The van der Waals surface area contributed by atoms with Crippen molar-refractivity contribution in [1.82, 2.24) is 14.5 Å². The van der Waals surface area contributed by atoms with Crippen LogP contribution in [0.4, 0.5) is 5.82 Å². The molecule has 8 atom stereocenters. The number of aliphatic hydroxyl groups excluding tert-OH is 1. The van der Waals surface area contributed by atoms with Crippen LogP contribution in [0.2, 0.25) is 0 Å². The van der Waals surface area contributed by atoms with Gasteiger partial charge in [-0.15, -0.1) is 0 Å². The largest absolute Gasteiger partial charge is 0.504 e. The summed E-state index contributed by atoms with van der Waals surface area (Å²) in [5, 5.41) is 27.3. The molecule has 1 aromatic heterocycles. The predicted molar refractivity (Wildman–Crippen MR) is 192 cm³/mol. The van der Waals surface area contributed by atoms with Crippen LogP contribution in [0, 0.1) is 28.6 Å². The minimum Gasteiger partial charge on any atom is -0.504 e. The first-order valence-corrected chi connectivity index (χ1v) is 18.7. The third-order valence-electron chi connectivity index (χ3n) is 12.2. The molecule has 11 nitrogen and oxygen atoms in total. The Kier molecular flexibility index (Phi) is 11.4. The molecular weight excluding hydrogens is 608 g/mol. The SMILES string of the molecule is CC.CC[C@@H](CC[C@H](CC)[C@H](C)OC1N=C(/C(O)=C2\CCC[C@@]3(CCCCC3=O)C2C=N)Nc2c1n(C)c(=O)n2[C@@]12COCC1C2)NC.[HH]. The van der Waals surface area contributed by atoms with Gasteiger partial charge in [0.25, 0.3) is 0 Å². The summed E-state index contributed by atoms with van der Waals surface area (Å²) in [5.74, 6) is 1.10. The number of fused-ring (bicyclic) bond motifs is 2. The van der Waals surface area contributed by atoms with Crippen LogP contribution in [-0.4, -0.2) is 64.5 Å². The number of ketones is 1. The number of carbonyl (C=O) groups is 1. The Balaban J connectivity index is 0.00000177. The first-order valence-electron chi connectivity index (χ1n) is 18.7. The molecule has 3 unspecified atom stereocenters. The van der Waals surface area contributed by atoms with Crippen LogP contribution in [0.15, 0.2) is 21.1 Å². The molecule has 11 heteroatoms. The van der Waals surface area contributed by atoms with E-state index in [-0.39, 0.29) is 42.4 Å². The minimum absolute atomic E-state index is 0. The summed E-state index contributed by atoms with van der Waals surface area (Å²) in [5.41, 5.74) is 0.127. The molecule has 4 N–H and O–H groups in total. The van der Waals surface area contributed by atoms with Crippen LogP contribution in [0.3, 0.4) is 0 Å². The van der Waals surface area contributed by atoms with Crippen LogP contribution in [0.1, 0.15) is 125 Å². The number of Topliss-reactive ketones (excluding diaryl/α,β-unsaturated/α-hetero) is 1. The Morgan fingerprint density at radius 2 is 1.96 bits per heavy atom. The number of imidazole rings is 1. The molecular formula is C37H62N6O5. The third-order valence-corrected chi connectivity index (χ3v) is 12.2. The average Bonchev–Trinajstić information content (AvgIpc) is 3.53. The molecule has 1 aromatic rings. The number of hydrogen-bond donors (Lipinski definition) is 4. The van der Waals surface area contributed by atoms with Gasteiger partial charge in [0.05, 0.1) is 24.9 Å². The second kappa shape index (κ2) is 15.0. The number of aliphatic hydroxyl groups is 1. The molecule has 48 heavy (non-hydrogen) atoms. The van der Waals surface area contributed by atoms with Gasteiger partial charge < -0.3 is 30.6 Å². The number of nitrogens with one attached hydrogen (secondary N) is 3. The van der Waals surface area contributed by atoms with Gasteiger partial charge in [0.1, 0.15) is 17.3 Å². The summed E-state index contributed by atoms with van der Waals surface area (Å²) in [7, 11) is 3.78. The lowest BCUT2D eigenvalue weighted by atomic mass is 9.57. The maximum atomic E-state index is 13.9. The fourth-order valence-corrected chi connectivity index (χ4v) is 9.13. The standard InChI is InChI=1S/C35H54N6O5.C2H6.H2/c1-6-22(13-14-24(7-2)37-4)21(3)46-32-28-31(41(33(44)40(28)5)35-17-23(35)19-45-20-35)38-30(39-32)29(43)25-11-10-16-34(26(25)18-36)15-9-8-12-27(34)42;1-2;/h18,21-24,26,32,36-37,43H,6-17,19-20H2,1-5H3,(H,38,39);1-2H3;1H/b29-25-,36-18?;;/t21-,22-,23?,24-,26?,32?,34-,35-;;/m0../s1. The lowest BCUT2D eigenvalue weighted by molar-refractivity contribution is -0.134. The zero-order valence-corrected chi connectivity index (χ0v) is 30.4. The van der Waals surface area contributed by atoms with E-state index in [9.17, 15) is 14.7 Å². The highest BCUT2D eigenvalue weighted by Crippen LogP contribution is 2.56. The molecule has 3 saturated carbocycles. The third kappa shape index (κ3) is 6.23. The van der Waals surface area contributed by atoms with E-state index < -0.39 is 23.1 Å². The molecule has 3 heterocycles. The Labute approximate surface area is 287 Å². The number of aliphatic imine (C=N–C) groups is 1. The minimum atomic E-state index is -0.813. The van der Waals surface area contributed by atoms with Gasteiger partial charge in [-0.3, -0.25) is 13.9 Å². The van der Waals surface area contributed by atoms with E-state index in [0.29, 0.717) is 49.2 Å². The molecule has 1 spiro atoms. The Bertz CT molecular complexity index is 1460. The zero-order chi connectivity index (χ0) is 34.8. The Morgan fingerprint density at radius 3 is 2.56 bits per heavy atom. The van der Waals surface area contributed by atoms with Crippen molar-refractivity contribution in [3.63, 3.8) is 0 Å². The monoisotopic (exact) mass is 670 g/mol. The first-order chi connectivity index (χ1) is 23.1. The average molecular weight is 671 g/mol. The second-order valence-corrected chi connectivity index (χ2v) is 14.5.